The van der Waals surface area contributed by atoms with Crippen LogP contribution < -0.4 is 5.32 Å². The quantitative estimate of drug-likeness (QED) is 0.843. The number of rotatable bonds is 6. The zero-order valence-corrected chi connectivity index (χ0v) is 12.5. The lowest BCUT2D eigenvalue weighted by atomic mass is 10.1. The first kappa shape index (κ1) is 15.1. The first-order valence-electron chi connectivity index (χ1n) is 5.78. The number of hydrogen-bond donors (Lipinski definition) is 2. The van der Waals surface area contributed by atoms with Gasteiger partial charge in [0.1, 0.15) is 6.04 Å². The average molecular weight is 315 g/mol. The summed E-state index contributed by atoms with van der Waals surface area (Å²) in [6.07, 6.45) is 0. The van der Waals surface area contributed by atoms with Crippen molar-refractivity contribution in [2.24, 2.45) is 0 Å². The van der Waals surface area contributed by atoms with Crippen LogP contribution in [0.1, 0.15) is 17.2 Å². The van der Waals surface area contributed by atoms with Crippen LogP contribution in [0.25, 0.3) is 0 Å². The summed E-state index contributed by atoms with van der Waals surface area (Å²) in [6.45, 7) is 3.40. The number of nitrogens with one attached hydrogen (secondary N) is 1. The highest BCUT2D eigenvalue weighted by molar-refractivity contribution is 9.10. The maximum atomic E-state index is 11.3. The van der Waals surface area contributed by atoms with Crippen LogP contribution in [0.2, 0.25) is 0 Å². The number of carboxylic acid groups (broad SMARTS) is 1. The number of likely N-dealkylation sites (N-methyl/N-ethyl adjacent to an activating group) is 1. The third kappa shape index (κ3) is 4.40. The monoisotopic (exact) mass is 314 g/mol. The highest BCUT2D eigenvalue weighted by atomic mass is 79.9. The highest BCUT2D eigenvalue weighted by Gasteiger charge is 2.21. The van der Waals surface area contributed by atoms with Crippen LogP contribution >= 0.6 is 15.9 Å². The molecule has 1 atom stereocenters. The Balaban J connectivity index is 2.81. The van der Waals surface area contributed by atoms with Gasteiger partial charge < -0.3 is 10.0 Å². The Hall–Kier alpha value is -0.910. The van der Waals surface area contributed by atoms with Crippen molar-refractivity contribution in [3.05, 3.63) is 33.8 Å². The topological polar surface area (TPSA) is 52.6 Å². The molecule has 18 heavy (non-hydrogen) atoms. The standard InChI is InChI=1S/C13H19BrN2O2/c1-9-4-5-10(11(14)8-9)12(13(17)18)15-6-7-16(2)3/h4-5,8,12,15H,6-7H2,1-3H3,(H,17,18). The maximum Gasteiger partial charge on any atom is 0.325 e. The minimum absolute atomic E-state index is 0.629. The van der Waals surface area contributed by atoms with Crippen molar-refractivity contribution in [2.75, 3.05) is 27.2 Å². The normalized spacial score (nSPS) is 12.7. The van der Waals surface area contributed by atoms with Gasteiger partial charge in [-0.1, -0.05) is 28.1 Å². The lowest BCUT2D eigenvalue weighted by Crippen LogP contribution is -2.34. The fourth-order valence-electron chi connectivity index (χ4n) is 1.63. The van der Waals surface area contributed by atoms with Gasteiger partial charge in [0.05, 0.1) is 0 Å². The summed E-state index contributed by atoms with van der Waals surface area (Å²) in [6, 6.07) is 5.02. The summed E-state index contributed by atoms with van der Waals surface area (Å²) in [5.41, 5.74) is 1.86. The minimum atomic E-state index is -0.863. The summed E-state index contributed by atoms with van der Waals surface area (Å²) < 4.78 is 0.826. The zero-order chi connectivity index (χ0) is 13.7. The number of carboxylic acids is 1. The second-order valence-corrected chi connectivity index (χ2v) is 5.41. The van der Waals surface area contributed by atoms with Gasteiger partial charge in [0.25, 0.3) is 0 Å². The van der Waals surface area contributed by atoms with E-state index in [9.17, 15) is 9.90 Å². The van der Waals surface area contributed by atoms with Crippen LogP contribution in [-0.4, -0.2) is 43.2 Å². The van der Waals surface area contributed by atoms with Crippen molar-refractivity contribution in [3.63, 3.8) is 0 Å². The number of aryl methyl sites for hydroxylation is 1. The first-order chi connectivity index (χ1) is 8.41. The molecule has 0 aliphatic heterocycles. The number of aliphatic carboxylic acids is 1. The number of benzene rings is 1. The molecule has 1 aromatic carbocycles. The molecular formula is C13H19BrN2O2. The molecule has 0 saturated carbocycles. The van der Waals surface area contributed by atoms with Crippen LogP contribution in [0.3, 0.4) is 0 Å². The molecule has 0 aliphatic rings. The van der Waals surface area contributed by atoms with E-state index in [1.165, 1.54) is 0 Å². The molecule has 0 saturated heterocycles. The second-order valence-electron chi connectivity index (χ2n) is 4.55. The predicted octanol–water partition coefficient (Wildman–Crippen LogP) is 2.03. The summed E-state index contributed by atoms with van der Waals surface area (Å²) in [5.74, 6) is -0.863. The zero-order valence-electron chi connectivity index (χ0n) is 10.9. The molecule has 0 fully saturated rings. The van der Waals surface area contributed by atoms with Crippen LogP contribution in [0.4, 0.5) is 0 Å². The molecule has 0 bridgehead atoms. The van der Waals surface area contributed by atoms with Gasteiger partial charge in [-0.3, -0.25) is 10.1 Å². The lowest BCUT2D eigenvalue weighted by Gasteiger charge is -2.18. The number of halogens is 1. The summed E-state index contributed by atoms with van der Waals surface area (Å²) in [7, 11) is 3.92. The molecule has 0 radical (unpaired) electrons. The molecule has 0 aromatic heterocycles. The van der Waals surface area contributed by atoms with E-state index in [1.54, 1.807) is 0 Å². The lowest BCUT2D eigenvalue weighted by molar-refractivity contribution is -0.139. The Labute approximate surface area is 116 Å². The molecule has 0 amide bonds. The van der Waals surface area contributed by atoms with E-state index in [4.69, 9.17) is 0 Å². The van der Waals surface area contributed by atoms with E-state index in [0.29, 0.717) is 6.54 Å². The molecule has 0 spiro atoms. The Morgan fingerprint density at radius 1 is 1.50 bits per heavy atom. The first-order valence-corrected chi connectivity index (χ1v) is 6.58. The van der Waals surface area contributed by atoms with Crippen molar-refractivity contribution < 1.29 is 9.90 Å². The Bertz CT molecular complexity index is 421. The van der Waals surface area contributed by atoms with Crippen molar-refractivity contribution in [1.29, 1.82) is 0 Å². The van der Waals surface area contributed by atoms with Crippen LogP contribution in [0.15, 0.2) is 22.7 Å². The molecule has 0 heterocycles. The van der Waals surface area contributed by atoms with E-state index in [0.717, 1.165) is 22.1 Å². The molecule has 1 aromatic rings. The summed E-state index contributed by atoms with van der Waals surface area (Å²) in [5, 5.41) is 12.3. The van der Waals surface area contributed by atoms with E-state index in [2.05, 4.69) is 21.2 Å². The maximum absolute atomic E-state index is 11.3. The molecular weight excluding hydrogens is 296 g/mol. The number of carbonyl (C=O) groups is 1. The van der Waals surface area contributed by atoms with Gasteiger partial charge in [-0.15, -0.1) is 0 Å². The van der Waals surface area contributed by atoms with Gasteiger partial charge in [-0.05, 0) is 38.2 Å². The van der Waals surface area contributed by atoms with E-state index >= 15 is 0 Å². The van der Waals surface area contributed by atoms with Gasteiger partial charge in [-0.25, -0.2) is 0 Å². The fraction of sp³-hybridized carbons (Fsp3) is 0.462. The van der Waals surface area contributed by atoms with E-state index in [1.807, 2.05) is 44.1 Å². The Morgan fingerprint density at radius 3 is 2.67 bits per heavy atom. The van der Waals surface area contributed by atoms with E-state index < -0.39 is 12.0 Å². The van der Waals surface area contributed by atoms with Crippen molar-refractivity contribution >= 4 is 21.9 Å². The molecule has 1 unspecified atom stereocenters. The summed E-state index contributed by atoms with van der Waals surface area (Å²) in [4.78, 5) is 13.3. The third-order valence-electron chi connectivity index (χ3n) is 2.62. The molecule has 100 valence electrons. The third-order valence-corrected chi connectivity index (χ3v) is 3.31. The fourth-order valence-corrected chi connectivity index (χ4v) is 2.35. The van der Waals surface area contributed by atoms with Gasteiger partial charge in [-0.2, -0.15) is 0 Å². The SMILES string of the molecule is Cc1ccc(C(NCCN(C)C)C(=O)O)c(Br)c1. The Kier molecular flexibility index (Phi) is 5.78. The van der Waals surface area contributed by atoms with Crippen molar-refractivity contribution in [2.45, 2.75) is 13.0 Å². The van der Waals surface area contributed by atoms with E-state index in [-0.39, 0.29) is 0 Å². The molecule has 5 heteroatoms. The van der Waals surface area contributed by atoms with Crippen molar-refractivity contribution in [3.8, 4) is 0 Å². The van der Waals surface area contributed by atoms with Crippen LogP contribution in [-0.2, 0) is 4.79 Å². The average Bonchev–Trinajstić information content (AvgIpc) is 2.25. The molecule has 1 rings (SSSR count). The van der Waals surface area contributed by atoms with Crippen LogP contribution in [0.5, 0.6) is 0 Å². The largest absolute Gasteiger partial charge is 0.480 e. The summed E-state index contributed by atoms with van der Waals surface area (Å²) >= 11 is 3.42. The van der Waals surface area contributed by atoms with Gasteiger partial charge in [0.2, 0.25) is 0 Å². The molecule has 4 nitrogen and oxygen atoms in total. The second kappa shape index (κ2) is 6.87. The number of nitrogens with zero attached hydrogens (tertiary/aromatic N) is 1. The van der Waals surface area contributed by atoms with Gasteiger partial charge in [0.15, 0.2) is 0 Å². The number of hydrogen-bond acceptors (Lipinski definition) is 3. The molecule has 2 N–H and O–H groups in total. The highest BCUT2D eigenvalue weighted by Crippen LogP contribution is 2.24. The van der Waals surface area contributed by atoms with Gasteiger partial charge in [0, 0.05) is 17.6 Å². The smallest absolute Gasteiger partial charge is 0.325 e. The predicted molar refractivity (Wildman–Crippen MR) is 75.8 cm³/mol. The van der Waals surface area contributed by atoms with Gasteiger partial charge >= 0.3 is 5.97 Å². The van der Waals surface area contributed by atoms with Crippen LogP contribution in [0, 0.1) is 6.92 Å². The Morgan fingerprint density at radius 2 is 2.17 bits per heavy atom. The van der Waals surface area contributed by atoms with Crippen molar-refractivity contribution in [1.82, 2.24) is 10.2 Å². The minimum Gasteiger partial charge on any atom is -0.480 e. The molecule has 0 aliphatic carbocycles.